The van der Waals surface area contributed by atoms with Crippen molar-refractivity contribution >= 4 is 11.8 Å². The molecule has 1 aliphatic heterocycles. The summed E-state index contributed by atoms with van der Waals surface area (Å²) in [5.74, 6) is 0.862. The summed E-state index contributed by atoms with van der Waals surface area (Å²) >= 11 is 0. The second-order valence-corrected chi connectivity index (χ2v) is 12.3. The molecule has 0 spiro atoms. The minimum Gasteiger partial charge on any atom is -0.446 e. The number of nitrogens with one attached hydrogen (secondary N) is 2. The summed E-state index contributed by atoms with van der Waals surface area (Å²) in [4.78, 5) is 41.6. The molecule has 10 heteroatoms. The van der Waals surface area contributed by atoms with Crippen LogP contribution < -0.4 is 10.6 Å². The zero-order valence-electron chi connectivity index (χ0n) is 28.1. The lowest BCUT2D eigenvalue weighted by Crippen LogP contribution is -2.31. The van der Waals surface area contributed by atoms with E-state index in [1.165, 1.54) is 23.6 Å². The van der Waals surface area contributed by atoms with Crippen molar-refractivity contribution in [1.82, 2.24) is 30.5 Å². The molecule has 1 saturated heterocycles. The molecule has 1 aliphatic rings. The van der Waals surface area contributed by atoms with Crippen LogP contribution in [0.4, 0.5) is 0 Å². The van der Waals surface area contributed by atoms with Gasteiger partial charge in [-0.3, -0.25) is 14.6 Å². The van der Waals surface area contributed by atoms with Crippen LogP contribution in [0.25, 0.3) is 11.5 Å². The quantitative estimate of drug-likeness (QED) is 0.146. The Morgan fingerprint density at radius 3 is 2.50 bits per heavy atom. The molecule has 0 radical (unpaired) electrons. The highest BCUT2D eigenvalue weighted by atomic mass is 16.3. The van der Waals surface area contributed by atoms with E-state index in [4.69, 9.17) is 8.83 Å². The Morgan fingerprint density at radius 1 is 1.00 bits per heavy atom. The van der Waals surface area contributed by atoms with Crippen LogP contribution in [0.2, 0.25) is 0 Å². The van der Waals surface area contributed by atoms with Crippen LogP contribution in [0.5, 0.6) is 0 Å². The number of carbonyl (C=O) groups is 2. The van der Waals surface area contributed by atoms with E-state index < -0.39 is 0 Å². The summed E-state index contributed by atoms with van der Waals surface area (Å²) in [5.41, 5.74) is 5.77. The largest absolute Gasteiger partial charge is 0.446 e. The second kappa shape index (κ2) is 16.6. The Labute approximate surface area is 282 Å². The van der Waals surface area contributed by atoms with Gasteiger partial charge in [0.25, 0.3) is 11.8 Å². The van der Waals surface area contributed by atoms with Gasteiger partial charge in [-0.15, -0.1) is 0 Å². The summed E-state index contributed by atoms with van der Waals surface area (Å²) in [6, 6.07) is 17.2. The molecular weight excluding hydrogens is 604 g/mol. The highest BCUT2D eigenvalue weighted by Gasteiger charge is 2.34. The van der Waals surface area contributed by atoms with Gasteiger partial charge in [-0.1, -0.05) is 55.8 Å². The van der Waals surface area contributed by atoms with Crippen LogP contribution in [-0.2, 0) is 6.54 Å². The number of amides is 2. The Kier molecular flexibility index (Phi) is 11.9. The molecule has 6 rings (SSSR count). The van der Waals surface area contributed by atoms with Gasteiger partial charge in [-0.25, -0.2) is 9.97 Å². The summed E-state index contributed by atoms with van der Waals surface area (Å²) < 4.78 is 11.1. The standard InChI is InChI=1S/C31H36N6O4.C7H8/c1-20(2)26-12-22(17-33-18-26)16-32-7-5-8-34-28(38)23-13-24(29-35-9-11-40-29)15-25(14-23)31(39)37-10-4-6-27(37)30-36-21(3)19-41-30;1-7-5-3-2-4-6-7/h9,11-15,17-20,27,32H,4-8,10,16H2,1-3H3,(H,34,38);2-6H,1H3. The van der Waals surface area contributed by atoms with Gasteiger partial charge in [-0.05, 0) is 74.9 Å². The van der Waals surface area contributed by atoms with E-state index in [0.29, 0.717) is 47.5 Å². The molecule has 1 atom stereocenters. The number of nitrogens with zero attached hydrogens (tertiary/aromatic N) is 4. The van der Waals surface area contributed by atoms with Gasteiger partial charge in [0, 0.05) is 48.7 Å². The van der Waals surface area contributed by atoms with Crippen molar-refractivity contribution in [3.05, 3.63) is 125 Å². The number of hydrogen-bond donors (Lipinski definition) is 2. The number of carbonyl (C=O) groups excluding carboxylic acids is 2. The van der Waals surface area contributed by atoms with Crippen LogP contribution in [0.3, 0.4) is 0 Å². The molecule has 0 saturated carbocycles. The summed E-state index contributed by atoms with van der Waals surface area (Å²) in [6.07, 6.45) is 10.7. The maximum absolute atomic E-state index is 13.7. The number of benzene rings is 2. The minimum atomic E-state index is -0.261. The van der Waals surface area contributed by atoms with Gasteiger partial charge >= 0.3 is 0 Å². The van der Waals surface area contributed by atoms with Crippen molar-refractivity contribution in [2.45, 2.75) is 65.5 Å². The smallest absolute Gasteiger partial charge is 0.254 e. The number of pyridine rings is 1. The molecule has 2 aromatic carbocycles. The maximum atomic E-state index is 13.7. The van der Waals surface area contributed by atoms with E-state index in [2.05, 4.69) is 64.6 Å². The van der Waals surface area contributed by atoms with E-state index >= 15 is 0 Å². The SMILES string of the molecule is Cc1ccccc1.Cc1coc(C2CCCN2C(=O)c2cc(C(=O)NCCCNCc3cncc(C(C)C)c3)cc(-c3ncco3)c2)n1. The van der Waals surface area contributed by atoms with Crippen molar-refractivity contribution in [2.24, 2.45) is 0 Å². The average Bonchev–Trinajstić information content (AvgIpc) is 3.89. The van der Waals surface area contributed by atoms with E-state index in [1.807, 2.05) is 37.5 Å². The fraction of sp³-hybridized carbons (Fsp3) is 0.342. The molecule has 250 valence electrons. The third-order valence-electron chi connectivity index (χ3n) is 8.13. The van der Waals surface area contributed by atoms with Crippen LogP contribution >= 0.6 is 0 Å². The van der Waals surface area contributed by atoms with E-state index in [-0.39, 0.29) is 17.9 Å². The zero-order chi connectivity index (χ0) is 33.9. The third-order valence-corrected chi connectivity index (χ3v) is 8.13. The van der Waals surface area contributed by atoms with Crippen molar-refractivity contribution in [3.8, 4) is 11.5 Å². The van der Waals surface area contributed by atoms with Gasteiger partial charge in [-0.2, -0.15) is 0 Å². The first-order chi connectivity index (χ1) is 23.3. The molecular formula is C38H44N6O4. The fourth-order valence-electron chi connectivity index (χ4n) is 5.53. The minimum absolute atomic E-state index is 0.189. The highest BCUT2D eigenvalue weighted by Crippen LogP contribution is 2.33. The molecule has 4 heterocycles. The van der Waals surface area contributed by atoms with Crippen LogP contribution in [0, 0.1) is 13.8 Å². The van der Waals surface area contributed by atoms with Crippen molar-refractivity contribution in [1.29, 1.82) is 0 Å². The zero-order valence-corrected chi connectivity index (χ0v) is 28.1. The molecule has 2 amide bonds. The Bertz CT molecular complexity index is 1770. The first-order valence-electron chi connectivity index (χ1n) is 16.5. The first-order valence-corrected chi connectivity index (χ1v) is 16.5. The van der Waals surface area contributed by atoms with Gasteiger partial charge in [0.05, 0.1) is 11.9 Å². The first kappa shape index (κ1) is 34.3. The number of oxazole rings is 2. The summed E-state index contributed by atoms with van der Waals surface area (Å²) in [6.45, 7) is 10.8. The lowest BCUT2D eigenvalue weighted by molar-refractivity contribution is 0.0715. The predicted octanol–water partition coefficient (Wildman–Crippen LogP) is 7.04. The molecule has 48 heavy (non-hydrogen) atoms. The summed E-state index contributed by atoms with van der Waals surface area (Å²) in [5, 5.41) is 6.38. The van der Waals surface area contributed by atoms with Gasteiger partial charge in [0.1, 0.15) is 18.6 Å². The Hall–Kier alpha value is -5.09. The molecule has 2 N–H and O–H groups in total. The molecule has 1 fully saturated rings. The van der Waals surface area contributed by atoms with E-state index in [9.17, 15) is 9.59 Å². The monoisotopic (exact) mass is 648 g/mol. The highest BCUT2D eigenvalue weighted by molar-refractivity contribution is 6.01. The van der Waals surface area contributed by atoms with Gasteiger partial charge in [0.2, 0.25) is 11.8 Å². The topological polar surface area (TPSA) is 126 Å². The van der Waals surface area contributed by atoms with Crippen LogP contribution in [-0.4, -0.2) is 51.3 Å². The van der Waals surface area contributed by atoms with Crippen LogP contribution in [0.1, 0.15) is 94.1 Å². The molecule has 1 unspecified atom stereocenters. The van der Waals surface area contributed by atoms with Crippen molar-refractivity contribution in [3.63, 3.8) is 0 Å². The third kappa shape index (κ3) is 9.25. The lowest BCUT2D eigenvalue weighted by atomic mass is 10.0. The number of likely N-dealkylation sites (tertiary alicyclic amines) is 1. The number of aromatic nitrogens is 3. The van der Waals surface area contributed by atoms with E-state index in [0.717, 1.165) is 43.6 Å². The molecule has 0 aliphatic carbocycles. The molecule has 5 aromatic rings. The fourth-order valence-corrected chi connectivity index (χ4v) is 5.53. The number of rotatable bonds is 11. The number of aryl methyl sites for hydroxylation is 2. The average molecular weight is 649 g/mol. The molecule has 10 nitrogen and oxygen atoms in total. The van der Waals surface area contributed by atoms with Gasteiger partial charge < -0.3 is 24.4 Å². The van der Waals surface area contributed by atoms with E-state index in [1.54, 1.807) is 29.4 Å². The predicted molar refractivity (Wildman–Crippen MR) is 184 cm³/mol. The molecule has 3 aromatic heterocycles. The Morgan fingerprint density at radius 2 is 1.81 bits per heavy atom. The van der Waals surface area contributed by atoms with Crippen molar-refractivity contribution in [2.75, 3.05) is 19.6 Å². The van der Waals surface area contributed by atoms with Crippen molar-refractivity contribution < 1.29 is 18.4 Å². The lowest BCUT2D eigenvalue weighted by Gasteiger charge is -2.23. The Balaban J connectivity index is 0.000000572. The van der Waals surface area contributed by atoms with Crippen LogP contribution in [0.15, 0.2) is 94.5 Å². The summed E-state index contributed by atoms with van der Waals surface area (Å²) in [7, 11) is 0. The second-order valence-electron chi connectivity index (χ2n) is 12.3. The maximum Gasteiger partial charge on any atom is 0.254 e. The molecule has 0 bridgehead atoms. The number of hydrogen-bond acceptors (Lipinski definition) is 8. The van der Waals surface area contributed by atoms with Gasteiger partial charge in [0.15, 0.2) is 0 Å². The normalized spacial score (nSPS) is 14.1.